The highest BCUT2D eigenvalue weighted by molar-refractivity contribution is 7.80. The van der Waals surface area contributed by atoms with Crippen LogP contribution < -0.4 is 0 Å². The highest BCUT2D eigenvalue weighted by Crippen LogP contribution is 2.72. The van der Waals surface area contributed by atoms with E-state index in [4.69, 9.17) is 14.0 Å². The number of hydrogen-bond acceptors (Lipinski definition) is 5. The first-order valence-corrected chi connectivity index (χ1v) is 15.0. The Bertz CT molecular complexity index is 1000. The van der Waals surface area contributed by atoms with Crippen molar-refractivity contribution in [1.82, 2.24) is 0 Å². The second kappa shape index (κ2) is 8.39. The molecule has 7 heteroatoms. The fourth-order valence-corrected chi connectivity index (χ4v) is 9.46. The second-order valence-electron chi connectivity index (χ2n) is 13.2. The predicted molar refractivity (Wildman–Crippen MR) is 135 cm³/mol. The number of fused-ring (bicyclic) bond motifs is 2. The van der Waals surface area contributed by atoms with Gasteiger partial charge in [-0.3, -0.25) is 4.55 Å². The normalized spacial score (nSPS) is 48.6. The monoisotopic (exact) mass is 508 g/mol. The molecule has 4 fully saturated rings. The van der Waals surface area contributed by atoms with Crippen LogP contribution in [-0.4, -0.2) is 30.3 Å². The molecule has 0 unspecified atom stereocenters. The number of rotatable bonds is 6. The van der Waals surface area contributed by atoms with Crippen molar-refractivity contribution in [3.8, 4) is 0 Å². The molecule has 0 radical (unpaired) electrons. The molecule has 6 nitrogen and oxygen atoms in total. The molecule has 2 heterocycles. The molecule has 4 aliphatic carbocycles. The third kappa shape index (κ3) is 3.82. The first-order chi connectivity index (χ1) is 16.3. The molecule has 0 aromatic heterocycles. The second-order valence-corrected chi connectivity index (χ2v) is 14.3. The van der Waals surface area contributed by atoms with Crippen molar-refractivity contribution in [2.75, 3.05) is 0 Å². The Labute approximate surface area is 211 Å². The average Bonchev–Trinajstić information content (AvgIpc) is 3.14. The van der Waals surface area contributed by atoms with Gasteiger partial charge in [0.05, 0.1) is 6.10 Å². The summed E-state index contributed by atoms with van der Waals surface area (Å²) in [5, 5.41) is 0. The van der Waals surface area contributed by atoms with Crippen LogP contribution in [0.3, 0.4) is 0 Å². The molecule has 2 spiro atoms. The smallest absolute Gasteiger partial charge is 0.264 e. The molecule has 1 saturated heterocycles. The van der Waals surface area contributed by atoms with Crippen LogP contribution in [0, 0.1) is 46.3 Å². The zero-order chi connectivity index (χ0) is 25.4. The third-order valence-electron chi connectivity index (χ3n) is 11.3. The fraction of sp³-hybridized carbons (Fsp3) is 0.857. The zero-order valence-electron chi connectivity index (χ0n) is 22.2. The Morgan fingerprint density at radius 2 is 1.71 bits per heavy atom. The summed E-state index contributed by atoms with van der Waals surface area (Å²) in [6.07, 6.45) is 15.0. The van der Waals surface area contributed by atoms with Crippen LogP contribution in [0.4, 0.5) is 0 Å². The Hall–Kier alpha value is -0.730. The summed E-state index contributed by atoms with van der Waals surface area (Å²) in [6, 6.07) is 0. The molecular weight excluding hydrogens is 464 g/mol. The van der Waals surface area contributed by atoms with Crippen molar-refractivity contribution in [2.24, 2.45) is 46.3 Å². The summed E-state index contributed by atoms with van der Waals surface area (Å²) in [7, 11) is -4.50. The molecular formula is C28H44O6S. The van der Waals surface area contributed by atoms with Gasteiger partial charge in [0.2, 0.25) is 0 Å². The van der Waals surface area contributed by atoms with Crippen molar-refractivity contribution >= 4 is 10.4 Å². The first kappa shape index (κ1) is 25.9. The van der Waals surface area contributed by atoms with Crippen molar-refractivity contribution in [3.05, 3.63) is 24.3 Å². The molecule has 0 aromatic carbocycles. The Kier molecular flexibility index (Phi) is 6.21. The van der Waals surface area contributed by atoms with Gasteiger partial charge in [-0.05, 0) is 73.7 Å². The maximum Gasteiger partial charge on any atom is 0.397 e. The quantitative estimate of drug-likeness (QED) is 0.258. The lowest BCUT2D eigenvalue weighted by Crippen LogP contribution is -2.73. The minimum atomic E-state index is -4.50. The van der Waals surface area contributed by atoms with Gasteiger partial charge in [0.15, 0.2) is 0 Å². The summed E-state index contributed by atoms with van der Waals surface area (Å²) in [4.78, 5) is 12.7. The van der Waals surface area contributed by atoms with Gasteiger partial charge in [-0.1, -0.05) is 59.8 Å². The lowest BCUT2D eigenvalue weighted by Gasteiger charge is -2.69. The van der Waals surface area contributed by atoms with E-state index in [0.717, 1.165) is 19.3 Å². The molecule has 6 rings (SSSR count). The molecule has 2 bridgehead atoms. The largest absolute Gasteiger partial charge is 0.397 e. The Balaban J connectivity index is 1.42. The Morgan fingerprint density at radius 1 is 0.971 bits per heavy atom. The summed E-state index contributed by atoms with van der Waals surface area (Å²) >= 11 is 0. The number of allylic oxidation sites excluding steroid dienone is 2. The van der Waals surface area contributed by atoms with Crippen molar-refractivity contribution < 1.29 is 26.9 Å². The topological polar surface area (TPSA) is 82.1 Å². The SMILES string of the molecule is CC(C)[C@H](C)/C=C/[C@@H](C)[C@H]1CC[C@@H]2[C@]1(C)CC[C@H]1[C@]23C=C[C@]2(C[C@@H](OS(=O)(=O)O)CC[C@]12C)OO3. The molecule has 0 aromatic rings. The predicted octanol–water partition coefficient (Wildman–Crippen LogP) is 6.30. The van der Waals surface area contributed by atoms with Crippen LogP contribution in [-0.2, 0) is 24.4 Å². The van der Waals surface area contributed by atoms with Gasteiger partial charge in [0, 0.05) is 23.7 Å². The van der Waals surface area contributed by atoms with E-state index >= 15 is 0 Å². The van der Waals surface area contributed by atoms with Gasteiger partial charge < -0.3 is 0 Å². The summed E-state index contributed by atoms with van der Waals surface area (Å²) < 4.78 is 37.0. The minimum absolute atomic E-state index is 0.156. The van der Waals surface area contributed by atoms with Gasteiger partial charge in [-0.2, -0.15) is 8.42 Å². The van der Waals surface area contributed by atoms with Crippen LogP contribution in [0.5, 0.6) is 0 Å². The summed E-state index contributed by atoms with van der Waals surface area (Å²) in [5.74, 6) is 3.11. The van der Waals surface area contributed by atoms with Crippen LogP contribution in [0.2, 0.25) is 0 Å². The zero-order valence-corrected chi connectivity index (χ0v) is 23.0. The molecule has 3 saturated carbocycles. The highest BCUT2D eigenvalue weighted by atomic mass is 32.3. The molecule has 10 atom stereocenters. The van der Waals surface area contributed by atoms with E-state index < -0.39 is 27.7 Å². The average molecular weight is 509 g/mol. The van der Waals surface area contributed by atoms with Gasteiger partial charge in [0.25, 0.3) is 0 Å². The lowest BCUT2D eigenvalue weighted by atomic mass is 9.43. The minimum Gasteiger partial charge on any atom is -0.264 e. The van der Waals surface area contributed by atoms with Crippen LogP contribution in [0.1, 0.15) is 86.5 Å². The van der Waals surface area contributed by atoms with Gasteiger partial charge in [-0.15, -0.1) is 0 Å². The fourth-order valence-electron chi connectivity index (χ4n) is 8.95. The van der Waals surface area contributed by atoms with Crippen LogP contribution >= 0.6 is 0 Å². The van der Waals surface area contributed by atoms with E-state index in [1.54, 1.807) is 0 Å². The molecule has 0 amide bonds. The van der Waals surface area contributed by atoms with E-state index in [1.165, 1.54) is 12.8 Å². The van der Waals surface area contributed by atoms with Crippen LogP contribution in [0.25, 0.3) is 0 Å². The van der Waals surface area contributed by atoms with E-state index in [1.807, 2.05) is 0 Å². The van der Waals surface area contributed by atoms with Gasteiger partial charge >= 0.3 is 10.4 Å². The van der Waals surface area contributed by atoms with Crippen molar-refractivity contribution in [2.45, 2.75) is 104 Å². The highest BCUT2D eigenvalue weighted by Gasteiger charge is 2.74. The van der Waals surface area contributed by atoms with Gasteiger partial charge in [0.1, 0.15) is 11.2 Å². The van der Waals surface area contributed by atoms with E-state index in [9.17, 15) is 13.0 Å². The Morgan fingerprint density at radius 3 is 2.34 bits per heavy atom. The molecule has 1 N–H and O–H groups in total. The third-order valence-corrected chi connectivity index (χ3v) is 11.8. The molecule has 198 valence electrons. The lowest BCUT2D eigenvalue weighted by molar-refractivity contribution is -0.497. The van der Waals surface area contributed by atoms with Crippen molar-refractivity contribution in [1.29, 1.82) is 0 Å². The van der Waals surface area contributed by atoms with Crippen molar-refractivity contribution in [3.63, 3.8) is 0 Å². The standard InChI is InChI=1S/C28H44O6S/c1-18(2)19(3)7-8-20(4)22-9-10-23-25(22,5)13-12-24-26(6)14-11-21(32-35(29,30)31)17-27(26)15-16-28(23,24)34-33-27/h7-8,15-16,18-24H,9-14,17H2,1-6H3,(H,29,30,31)/b8-7+/t19-,20-,21+,22-,23-,24-,25-,26-,27-,28+/m1/s1. The van der Waals surface area contributed by atoms with E-state index in [0.29, 0.717) is 48.3 Å². The first-order valence-electron chi connectivity index (χ1n) is 13.7. The molecule has 2 aliphatic heterocycles. The van der Waals surface area contributed by atoms with Crippen LogP contribution in [0.15, 0.2) is 24.3 Å². The van der Waals surface area contributed by atoms with Gasteiger partial charge in [-0.25, -0.2) is 14.0 Å². The maximum absolute atomic E-state index is 11.4. The van der Waals surface area contributed by atoms with E-state index in [-0.39, 0.29) is 10.8 Å². The summed E-state index contributed by atoms with van der Waals surface area (Å²) in [6.45, 7) is 14.1. The molecule has 6 aliphatic rings. The maximum atomic E-state index is 11.4. The number of hydrogen-bond donors (Lipinski definition) is 1. The summed E-state index contributed by atoms with van der Waals surface area (Å²) in [5.41, 5.74) is -1.11. The molecule has 35 heavy (non-hydrogen) atoms. The van der Waals surface area contributed by atoms with E-state index in [2.05, 4.69) is 65.8 Å².